The summed E-state index contributed by atoms with van der Waals surface area (Å²) in [5.74, 6) is 16.1. The van der Waals surface area contributed by atoms with E-state index in [1.165, 1.54) is 0 Å². The molecule has 50 heavy (non-hydrogen) atoms. The molecule has 16 bridgehead atoms. The lowest BCUT2D eigenvalue weighted by Gasteiger charge is -2.69. The average molecular weight is 713 g/mol. The van der Waals surface area contributed by atoms with Gasteiger partial charge in [-0.25, -0.2) is 0 Å². The lowest BCUT2D eigenvalue weighted by atomic mass is 9.55. The molecule has 17 aliphatic rings. The Bertz CT molecular complexity index is 1030. The summed E-state index contributed by atoms with van der Waals surface area (Å²) in [6.45, 7) is 0. The van der Waals surface area contributed by atoms with Crippen molar-refractivity contribution < 1.29 is 0 Å². The third-order valence-electron chi connectivity index (χ3n) is 21.2. The summed E-state index contributed by atoms with van der Waals surface area (Å²) in [5, 5.41) is 3.40. The second kappa shape index (κ2) is 11.3. The Morgan fingerprint density at radius 2 is 0.460 bits per heavy atom. The van der Waals surface area contributed by atoms with Crippen molar-refractivity contribution in [1.29, 1.82) is 0 Å². The van der Waals surface area contributed by atoms with E-state index in [1.807, 2.05) is 12.3 Å². The maximum atomic E-state index is 1.81. The zero-order valence-electron chi connectivity index (χ0n) is 32.2. The van der Waals surface area contributed by atoms with Gasteiger partial charge >= 0.3 is 0 Å². The monoisotopic (exact) mass is 713 g/mol. The van der Waals surface area contributed by atoms with E-state index < -0.39 is 0 Å². The summed E-state index contributed by atoms with van der Waals surface area (Å²) in [6, 6.07) is 0. The number of hydrogen-bond donors (Lipinski definition) is 0. The summed E-state index contributed by atoms with van der Waals surface area (Å²) in [7, 11) is 0.340. The molecule has 2 atom stereocenters. The van der Waals surface area contributed by atoms with Crippen molar-refractivity contribution in [1.82, 2.24) is 0 Å². The Morgan fingerprint density at radius 3 is 0.640 bits per heavy atom. The third kappa shape index (κ3) is 4.85. The Hall–Kier alpha value is 0.860. The first-order valence-corrected chi connectivity index (χ1v) is 27.0. The van der Waals surface area contributed by atoms with Gasteiger partial charge in [0.1, 0.15) is 0 Å². The van der Waals surface area contributed by atoms with Crippen LogP contribution in [0.1, 0.15) is 180 Å². The van der Waals surface area contributed by atoms with Crippen molar-refractivity contribution in [3.8, 4) is 0 Å². The van der Waals surface area contributed by atoms with Crippen LogP contribution < -0.4 is 0 Å². The molecule has 0 amide bonds. The predicted octanol–water partition coefficient (Wildman–Crippen LogP) is 13.6. The van der Waals surface area contributed by atoms with E-state index in [0.717, 1.165) is 103 Å². The largest absolute Gasteiger partial charge is 0.0936 e. The van der Waals surface area contributed by atoms with Gasteiger partial charge in [-0.1, -0.05) is 28.7 Å². The van der Waals surface area contributed by atoms with Crippen LogP contribution in [0.25, 0.3) is 0 Å². The molecule has 0 aromatic rings. The first-order chi connectivity index (χ1) is 24.4. The standard InChI is InChI=1S/C48H74P2/c1-2-4-44(30-50(47-23-37-11-38(24-47)13-39(12-37)25-47)48-26-40-14-41(27-48)16-42(15-40)28-48)43(3-1)29-49(45-17-31-5-32(18-45)7-33(6-31)19-45)46-20-34-8-35(21-46)10-36(9-34)22-46/h31-44H,1-30H2/t31?,32?,33?,34?,35?,36?,37?,38?,39?,40?,41?,42?,43-,44+,45?,46?,47?,48?,49?,50?. The van der Waals surface area contributed by atoms with Crippen LogP contribution in [0.3, 0.4) is 0 Å². The molecule has 276 valence electrons. The highest BCUT2D eigenvalue weighted by molar-refractivity contribution is 7.61. The minimum atomic E-state index is 0.170. The second-order valence-corrected chi connectivity index (χ2v) is 30.8. The number of rotatable bonds is 8. The predicted molar refractivity (Wildman–Crippen MR) is 213 cm³/mol. The van der Waals surface area contributed by atoms with Crippen molar-refractivity contribution in [2.24, 2.45) is 82.9 Å². The highest BCUT2D eigenvalue weighted by Gasteiger charge is 2.65. The van der Waals surface area contributed by atoms with E-state index in [-0.39, 0.29) is 15.8 Å². The highest BCUT2D eigenvalue weighted by atomic mass is 31.1. The van der Waals surface area contributed by atoms with Crippen molar-refractivity contribution in [2.75, 3.05) is 12.3 Å². The molecule has 2 heteroatoms. The smallest absolute Gasteiger partial charge is 0.00814 e. The van der Waals surface area contributed by atoms with Crippen molar-refractivity contribution in [2.45, 2.75) is 200 Å². The van der Waals surface area contributed by atoms with Gasteiger partial charge in [-0.2, -0.15) is 0 Å². The van der Waals surface area contributed by atoms with E-state index in [2.05, 4.69) is 0 Å². The van der Waals surface area contributed by atoms with E-state index >= 15 is 0 Å². The molecule has 0 spiro atoms. The van der Waals surface area contributed by atoms with Gasteiger partial charge in [0.2, 0.25) is 0 Å². The van der Waals surface area contributed by atoms with E-state index in [4.69, 9.17) is 0 Å². The summed E-state index contributed by atoms with van der Waals surface area (Å²) in [4.78, 5) is 0. The minimum absolute atomic E-state index is 0.170. The molecule has 0 radical (unpaired) electrons. The van der Waals surface area contributed by atoms with Gasteiger partial charge in [-0.3, -0.25) is 0 Å². The van der Waals surface area contributed by atoms with Crippen LogP contribution >= 0.6 is 15.8 Å². The summed E-state index contributed by atoms with van der Waals surface area (Å²) in [6.07, 6.45) is 50.9. The normalized spacial score (nSPS) is 61.7. The molecule has 17 fully saturated rings. The van der Waals surface area contributed by atoms with Crippen LogP contribution in [0.5, 0.6) is 0 Å². The fourth-order valence-electron chi connectivity index (χ4n) is 21.6. The van der Waals surface area contributed by atoms with E-state index in [9.17, 15) is 0 Å². The van der Waals surface area contributed by atoms with Crippen LogP contribution in [0, 0.1) is 82.9 Å². The van der Waals surface area contributed by atoms with Gasteiger partial charge in [0.25, 0.3) is 0 Å². The summed E-state index contributed by atoms with van der Waals surface area (Å²) < 4.78 is 0. The fourth-order valence-corrected chi connectivity index (χ4v) is 32.8. The molecule has 0 heterocycles. The maximum absolute atomic E-state index is 1.81. The summed E-state index contributed by atoms with van der Waals surface area (Å²) >= 11 is 0. The maximum Gasteiger partial charge on any atom is -0.00814 e. The first-order valence-electron chi connectivity index (χ1n) is 23.9. The van der Waals surface area contributed by atoms with Gasteiger partial charge < -0.3 is 0 Å². The van der Waals surface area contributed by atoms with Crippen LogP contribution in [-0.4, -0.2) is 32.9 Å². The third-order valence-corrected chi connectivity index (χ3v) is 29.7. The van der Waals surface area contributed by atoms with Gasteiger partial charge in [0.15, 0.2) is 0 Å². The van der Waals surface area contributed by atoms with E-state index in [1.54, 1.807) is 180 Å². The summed E-state index contributed by atoms with van der Waals surface area (Å²) in [5.41, 5.74) is 0. The topological polar surface area (TPSA) is 0 Å². The lowest BCUT2D eigenvalue weighted by Crippen LogP contribution is -2.58. The zero-order valence-corrected chi connectivity index (χ0v) is 34.0. The molecule has 0 aromatic carbocycles. The Kier molecular flexibility index (Phi) is 7.20. The molecule has 0 N–H and O–H groups in total. The average Bonchev–Trinajstić information content (AvgIpc) is 3.04. The molecular formula is C48H74P2. The Labute approximate surface area is 310 Å². The Balaban J connectivity index is 0.868. The van der Waals surface area contributed by atoms with Gasteiger partial charge in [0.05, 0.1) is 0 Å². The molecule has 17 saturated carbocycles. The molecular weight excluding hydrogens is 638 g/mol. The van der Waals surface area contributed by atoms with Gasteiger partial charge in [-0.05, 0) is 283 Å². The quantitative estimate of drug-likeness (QED) is 0.220. The molecule has 0 aliphatic heterocycles. The van der Waals surface area contributed by atoms with Gasteiger partial charge in [-0.15, -0.1) is 0 Å². The van der Waals surface area contributed by atoms with E-state index in [0.29, 0.717) is 0 Å². The molecule has 17 rings (SSSR count). The molecule has 0 nitrogen and oxygen atoms in total. The SMILES string of the molecule is C1CC[C@@H](CP(C23CC4CC(CC(C4)C2)C3)C23CC4CC(CC(C4)C2)C3)[C@@H](CP(C23CC4CC(CC(C4)C2)C3)C23CC4CC(CC(C4)C2)C3)C1. The highest BCUT2D eigenvalue weighted by Crippen LogP contribution is 2.82. The van der Waals surface area contributed by atoms with Crippen molar-refractivity contribution in [3.63, 3.8) is 0 Å². The molecule has 17 aliphatic carbocycles. The lowest BCUT2D eigenvalue weighted by molar-refractivity contribution is 0.0171. The van der Waals surface area contributed by atoms with Crippen LogP contribution in [0.15, 0.2) is 0 Å². The second-order valence-electron chi connectivity index (χ2n) is 24.6. The van der Waals surface area contributed by atoms with Crippen LogP contribution in [0.4, 0.5) is 0 Å². The number of hydrogen-bond acceptors (Lipinski definition) is 0. The Morgan fingerprint density at radius 1 is 0.280 bits per heavy atom. The zero-order chi connectivity index (χ0) is 32.5. The van der Waals surface area contributed by atoms with Gasteiger partial charge in [0, 0.05) is 0 Å². The minimum Gasteiger partial charge on any atom is -0.0936 e. The van der Waals surface area contributed by atoms with Crippen molar-refractivity contribution in [3.05, 3.63) is 0 Å². The van der Waals surface area contributed by atoms with Crippen LogP contribution in [0.2, 0.25) is 0 Å². The molecule has 0 saturated heterocycles. The van der Waals surface area contributed by atoms with Crippen molar-refractivity contribution >= 4 is 15.8 Å². The first kappa shape index (κ1) is 32.0. The van der Waals surface area contributed by atoms with Crippen LogP contribution in [-0.2, 0) is 0 Å². The molecule has 0 aromatic heterocycles. The fraction of sp³-hybridized carbons (Fsp3) is 1.00. The molecule has 0 unspecified atom stereocenters.